The zero-order valence-electron chi connectivity index (χ0n) is 9.12. The van der Waals surface area contributed by atoms with Crippen LogP contribution in [0.4, 0.5) is 0 Å². The SMILES string of the molecule is C=CC/C=C\C/C=C\CCCCCN. The van der Waals surface area contributed by atoms with Gasteiger partial charge < -0.3 is 5.73 Å². The fourth-order valence-corrected chi connectivity index (χ4v) is 1.16. The molecule has 1 nitrogen and oxygen atoms in total. The Kier molecular flexibility index (Phi) is 11.5. The molecule has 2 N–H and O–H groups in total. The zero-order valence-corrected chi connectivity index (χ0v) is 9.12. The van der Waals surface area contributed by atoms with E-state index in [4.69, 9.17) is 5.73 Å². The van der Waals surface area contributed by atoms with Crippen molar-refractivity contribution in [2.45, 2.75) is 38.5 Å². The summed E-state index contributed by atoms with van der Waals surface area (Å²) in [6, 6.07) is 0. The molecule has 0 atom stereocenters. The Balaban J connectivity index is 3.14. The molecule has 0 aromatic carbocycles. The second-order valence-electron chi connectivity index (χ2n) is 3.34. The van der Waals surface area contributed by atoms with Crippen molar-refractivity contribution in [2.24, 2.45) is 5.73 Å². The highest BCUT2D eigenvalue weighted by atomic mass is 14.5. The second-order valence-corrected chi connectivity index (χ2v) is 3.34. The number of allylic oxidation sites excluding steroid dienone is 5. The maximum atomic E-state index is 5.40. The van der Waals surface area contributed by atoms with Gasteiger partial charge in [-0.25, -0.2) is 0 Å². The Hall–Kier alpha value is -0.820. The molecule has 0 saturated carbocycles. The van der Waals surface area contributed by atoms with Crippen LogP contribution in [0.5, 0.6) is 0 Å². The van der Waals surface area contributed by atoms with Gasteiger partial charge in [-0.3, -0.25) is 0 Å². The number of hydrogen-bond donors (Lipinski definition) is 1. The minimum atomic E-state index is 0.827. The fraction of sp³-hybridized carbons (Fsp3) is 0.538. The summed E-state index contributed by atoms with van der Waals surface area (Å²) in [5.41, 5.74) is 5.40. The number of nitrogens with two attached hydrogens (primary N) is 1. The quantitative estimate of drug-likeness (QED) is 0.439. The van der Waals surface area contributed by atoms with E-state index in [1.165, 1.54) is 19.3 Å². The Labute approximate surface area is 88.4 Å². The molecule has 0 aromatic heterocycles. The van der Waals surface area contributed by atoms with Gasteiger partial charge in [0, 0.05) is 0 Å². The van der Waals surface area contributed by atoms with Crippen LogP contribution in [-0.4, -0.2) is 6.54 Å². The van der Waals surface area contributed by atoms with Crippen molar-refractivity contribution in [2.75, 3.05) is 6.54 Å². The lowest BCUT2D eigenvalue weighted by Crippen LogP contribution is -1.97. The highest BCUT2D eigenvalue weighted by Gasteiger charge is 1.83. The van der Waals surface area contributed by atoms with Crippen LogP contribution in [0.15, 0.2) is 37.0 Å². The van der Waals surface area contributed by atoms with Gasteiger partial charge in [-0.15, -0.1) is 6.58 Å². The van der Waals surface area contributed by atoms with Gasteiger partial charge in [-0.1, -0.05) is 36.8 Å². The van der Waals surface area contributed by atoms with Crippen LogP contribution in [0.2, 0.25) is 0 Å². The summed E-state index contributed by atoms with van der Waals surface area (Å²) in [7, 11) is 0. The Morgan fingerprint density at radius 1 is 0.857 bits per heavy atom. The summed E-state index contributed by atoms with van der Waals surface area (Å²) >= 11 is 0. The van der Waals surface area contributed by atoms with Gasteiger partial charge in [0.1, 0.15) is 0 Å². The molecule has 0 heterocycles. The molecule has 14 heavy (non-hydrogen) atoms. The number of rotatable bonds is 9. The summed E-state index contributed by atoms with van der Waals surface area (Å²) in [6.07, 6.45) is 17.6. The van der Waals surface area contributed by atoms with Gasteiger partial charge in [0.25, 0.3) is 0 Å². The Bertz CT molecular complexity index is 168. The van der Waals surface area contributed by atoms with Crippen LogP contribution < -0.4 is 5.73 Å². The zero-order chi connectivity index (χ0) is 10.5. The van der Waals surface area contributed by atoms with Gasteiger partial charge in [-0.2, -0.15) is 0 Å². The summed E-state index contributed by atoms with van der Waals surface area (Å²) in [6.45, 7) is 4.48. The van der Waals surface area contributed by atoms with Crippen molar-refractivity contribution in [3.05, 3.63) is 37.0 Å². The second kappa shape index (κ2) is 12.2. The third kappa shape index (κ3) is 11.2. The molecule has 0 aliphatic rings. The lowest BCUT2D eigenvalue weighted by Gasteiger charge is -1.93. The third-order valence-corrected chi connectivity index (χ3v) is 1.98. The lowest BCUT2D eigenvalue weighted by atomic mass is 10.2. The maximum absolute atomic E-state index is 5.40. The molecule has 0 amide bonds. The predicted octanol–water partition coefficient (Wildman–Crippen LogP) is 3.58. The Morgan fingerprint density at radius 2 is 1.57 bits per heavy atom. The highest BCUT2D eigenvalue weighted by Crippen LogP contribution is 2.00. The van der Waals surface area contributed by atoms with Crippen molar-refractivity contribution in [3.63, 3.8) is 0 Å². The summed E-state index contributed by atoms with van der Waals surface area (Å²) in [4.78, 5) is 0. The molecule has 0 bridgehead atoms. The first-order valence-corrected chi connectivity index (χ1v) is 5.52. The molecule has 0 saturated heterocycles. The molecule has 0 unspecified atom stereocenters. The van der Waals surface area contributed by atoms with Gasteiger partial charge in [0.2, 0.25) is 0 Å². The molecule has 0 fully saturated rings. The first-order chi connectivity index (χ1) is 6.91. The van der Waals surface area contributed by atoms with E-state index in [9.17, 15) is 0 Å². The van der Waals surface area contributed by atoms with E-state index in [0.717, 1.165) is 25.8 Å². The van der Waals surface area contributed by atoms with Gasteiger partial charge in [0.15, 0.2) is 0 Å². The molecule has 1 heteroatoms. The largest absolute Gasteiger partial charge is 0.330 e. The first-order valence-electron chi connectivity index (χ1n) is 5.52. The number of hydrogen-bond acceptors (Lipinski definition) is 1. The van der Waals surface area contributed by atoms with Crippen molar-refractivity contribution in [1.29, 1.82) is 0 Å². The lowest BCUT2D eigenvalue weighted by molar-refractivity contribution is 0.695. The molecule has 0 spiro atoms. The molecule has 80 valence electrons. The summed E-state index contributed by atoms with van der Waals surface area (Å²) < 4.78 is 0. The van der Waals surface area contributed by atoms with E-state index in [2.05, 4.69) is 30.9 Å². The minimum Gasteiger partial charge on any atom is -0.330 e. The molecule has 0 aliphatic heterocycles. The van der Waals surface area contributed by atoms with Crippen molar-refractivity contribution in [3.8, 4) is 0 Å². The fourth-order valence-electron chi connectivity index (χ4n) is 1.16. The molecular weight excluding hydrogens is 170 g/mol. The van der Waals surface area contributed by atoms with E-state index < -0.39 is 0 Å². The smallest absolute Gasteiger partial charge is 0.00773 e. The van der Waals surface area contributed by atoms with E-state index >= 15 is 0 Å². The average Bonchev–Trinajstić information content (AvgIpc) is 2.21. The van der Waals surface area contributed by atoms with Crippen LogP contribution >= 0.6 is 0 Å². The van der Waals surface area contributed by atoms with E-state index in [1.54, 1.807) is 0 Å². The standard InChI is InChI=1S/C13H23N/c1-2-3-4-5-6-7-8-9-10-11-12-13-14/h2,4-5,7-8H,1,3,6,9-14H2/b5-4-,8-7-. The molecular formula is C13H23N. The van der Waals surface area contributed by atoms with Crippen LogP contribution in [-0.2, 0) is 0 Å². The van der Waals surface area contributed by atoms with Gasteiger partial charge in [-0.05, 0) is 38.6 Å². The summed E-state index contributed by atoms with van der Waals surface area (Å²) in [5.74, 6) is 0. The first kappa shape index (κ1) is 13.2. The van der Waals surface area contributed by atoms with Gasteiger partial charge in [0.05, 0.1) is 0 Å². The van der Waals surface area contributed by atoms with Crippen molar-refractivity contribution >= 4 is 0 Å². The van der Waals surface area contributed by atoms with E-state index in [-0.39, 0.29) is 0 Å². The molecule has 0 radical (unpaired) electrons. The van der Waals surface area contributed by atoms with Crippen LogP contribution in [0.1, 0.15) is 38.5 Å². The van der Waals surface area contributed by atoms with E-state index in [0.29, 0.717) is 0 Å². The molecule has 0 aliphatic carbocycles. The monoisotopic (exact) mass is 193 g/mol. The minimum absolute atomic E-state index is 0.827. The van der Waals surface area contributed by atoms with Crippen LogP contribution in [0.25, 0.3) is 0 Å². The predicted molar refractivity (Wildman–Crippen MR) is 65.2 cm³/mol. The normalized spacial score (nSPS) is 11.5. The topological polar surface area (TPSA) is 26.0 Å². The Morgan fingerprint density at radius 3 is 2.29 bits per heavy atom. The number of unbranched alkanes of at least 4 members (excludes halogenated alkanes) is 3. The molecule has 0 aromatic rings. The van der Waals surface area contributed by atoms with Crippen LogP contribution in [0, 0.1) is 0 Å². The van der Waals surface area contributed by atoms with E-state index in [1.807, 2.05) is 6.08 Å². The maximum Gasteiger partial charge on any atom is -0.00773 e. The van der Waals surface area contributed by atoms with Crippen molar-refractivity contribution in [1.82, 2.24) is 0 Å². The highest BCUT2D eigenvalue weighted by molar-refractivity contribution is 4.95. The van der Waals surface area contributed by atoms with Gasteiger partial charge >= 0.3 is 0 Å². The molecule has 0 rings (SSSR count). The van der Waals surface area contributed by atoms with Crippen LogP contribution in [0.3, 0.4) is 0 Å². The average molecular weight is 193 g/mol. The van der Waals surface area contributed by atoms with Crippen molar-refractivity contribution < 1.29 is 0 Å². The third-order valence-electron chi connectivity index (χ3n) is 1.98. The summed E-state index contributed by atoms with van der Waals surface area (Å²) in [5, 5.41) is 0.